The minimum Gasteiger partial charge on any atom is -0.241 e. The quantitative estimate of drug-likeness (QED) is 0.710. The largest absolute Gasteiger partial charge is 0.241 e. The molecule has 0 aliphatic heterocycles. The van der Waals surface area contributed by atoms with Gasteiger partial charge in [-0.3, -0.25) is 0 Å². The summed E-state index contributed by atoms with van der Waals surface area (Å²) in [5.41, 5.74) is 2.18. The van der Waals surface area contributed by atoms with Crippen LogP contribution in [0.1, 0.15) is 10.0 Å². The van der Waals surface area contributed by atoms with E-state index in [2.05, 4.69) is 27.5 Å². The molecule has 3 aromatic rings. The molecule has 2 aromatic heterocycles. The van der Waals surface area contributed by atoms with Crippen LogP contribution in [0.5, 0.6) is 0 Å². The Labute approximate surface area is 118 Å². The molecule has 0 spiro atoms. The molecule has 0 radical (unpaired) electrons. The van der Waals surface area contributed by atoms with Gasteiger partial charge in [0.05, 0.1) is 12.1 Å². The summed E-state index contributed by atoms with van der Waals surface area (Å²) in [5, 5.41) is 6.58. The van der Waals surface area contributed by atoms with Gasteiger partial charge in [-0.05, 0) is 0 Å². The zero-order chi connectivity index (χ0) is 12.4. The van der Waals surface area contributed by atoms with E-state index in [1.165, 1.54) is 0 Å². The highest BCUT2D eigenvalue weighted by atomic mass is 35.5. The topological polar surface area (TPSA) is 25.8 Å². The van der Waals surface area contributed by atoms with Crippen LogP contribution in [0.15, 0.2) is 41.1 Å². The first-order valence-corrected chi connectivity index (χ1v) is 7.55. The van der Waals surface area contributed by atoms with Crippen molar-refractivity contribution >= 4 is 34.3 Å². The predicted octanol–water partition coefficient (Wildman–Crippen LogP) is 4.51. The van der Waals surface area contributed by atoms with E-state index in [-0.39, 0.29) is 0 Å². The maximum atomic E-state index is 5.81. The van der Waals surface area contributed by atoms with Crippen molar-refractivity contribution in [1.82, 2.24) is 9.97 Å². The highest BCUT2D eigenvalue weighted by Gasteiger charge is 2.07. The second kappa shape index (κ2) is 5.18. The Morgan fingerprint density at radius 2 is 1.67 bits per heavy atom. The summed E-state index contributed by atoms with van der Waals surface area (Å²) >= 11 is 9.04. The lowest BCUT2D eigenvalue weighted by atomic mass is 10.2. The molecule has 0 unspecified atom stereocenters. The van der Waals surface area contributed by atoms with E-state index in [1.807, 2.05) is 23.6 Å². The Morgan fingerprint density at radius 3 is 2.39 bits per heavy atom. The van der Waals surface area contributed by atoms with E-state index >= 15 is 0 Å². The van der Waals surface area contributed by atoms with E-state index in [0.29, 0.717) is 5.15 Å². The van der Waals surface area contributed by atoms with E-state index in [4.69, 9.17) is 11.6 Å². The molecule has 0 N–H and O–H groups in total. The molecular weight excluding hydrogens is 284 g/mol. The highest BCUT2D eigenvalue weighted by Crippen LogP contribution is 2.24. The fraction of sp³-hybridized carbons (Fsp3) is 0.0769. The normalized spacial score (nSPS) is 10.7. The molecule has 0 saturated carbocycles. The van der Waals surface area contributed by atoms with Crippen molar-refractivity contribution in [3.05, 3.63) is 56.3 Å². The third kappa shape index (κ3) is 2.61. The number of thiazole rings is 2. The van der Waals surface area contributed by atoms with Gasteiger partial charge >= 0.3 is 0 Å². The van der Waals surface area contributed by atoms with Gasteiger partial charge in [0.15, 0.2) is 0 Å². The van der Waals surface area contributed by atoms with Crippen molar-refractivity contribution in [3.63, 3.8) is 0 Å². The highest BCUT2D eigenvalue weighted by molar-refractivity contribution is 7.11. The van der Waals surface area contributed by atoms with Crippen LogP contribution >= 0.6 is 34.3 Å². The van der Waals surface area contributed by atoms with Crippen LogP contribution in [0, 0.1) is 0 Å². The molecule has 0 aliphatic rings. The summed E-state index contributed by atoms with van der Waals surface area (Å²) in [6.07, 6.45) is 0.759. The third-order valence-corrected chi connectivity index (χ3v) is 4.47. The van der Waals surface area contributed by atoms with Crippen LogP contribution < -0.4 is 0 Å². The molecule has 1 aromatic carbocycles. The lowest BCUT2D eigenvalue weighted by Gasteiger charge is -1.94. The molecule has 0 atom stereocenters. The van der Waals surface area contributed by atoms with Crippen molar-refractivity contribution in [2.24, 2.45) is 0 Å². The minimum atomic E-state index is 0.565. The molecule has 0 fully saturated rings. The van der Waals surface area contributed by atoms with Gasteiger partial charge in [0, 0.05) is 16.3 Å². The molecule has 0 saturated heterocycles. The Hall–Kier alpha value is -1.23. The number of hydrogen-bond acceptors (Lipinski definition) is 4. The molecule has 0 bridgehead atoms. The van der Waals surface area contributed by atoms with Crippen LogP contribution in [0.3, 0.4) is 0 Å². The number of hydrogen-bond donors (Lipinski definition) is 0. The number of nitrogens with zero attached hydrogens (tertiary/aromatic N) is 2. The first kappa shape index (κ1) is 11.8. The van der Waals surface area contributed by atoms with Crippen LogP contribution in [-0.2, 0) is 6.42 Å². The van der Waals surface area contributed by atoms with Gasteiger partial charge in [0.1, 0.15) is 15.2 Å². The number of halogens is 1. The van der Waals surface area contributed by atoms with Crippen molar-refractivity contribution < 1.29 is 0 Å². The maximum absolute atomic E-state index is 5.81. The Balaban J connectivity index is 1.82. The maximum Gasteiger partial charge on any atom is 0.140 e. The molecule has 2 heterocycles. The van der Waals surface area contributed by atoms with Gasteiger partial charge < -0.3 is 0 Å². The van der Waals surface area contributed by atoms with Crippen LogP contribution in [0.2, 0.25) is 5.15 Å². The van der Waals surface area contributed by atoms with Gasteiger partial charge in [-0.1, -0.05) is 41.9 Å². The number of aromatic nitrogens is 2. The summed E-state index contributed by atoms with van der Waals surface area (Å²) in [5.74, 6) is 0. The minimum absolute atomic E-state index is 0.565. The van der Waals surface area contributed by atoms with E-state index in [0.717, 1.165) is 27.7 Å². The molecule has 5 heteroatoms. The van der Waals surface area contributed by atoms with Gasteiger partial charge in [0.2, 0.25) is 0 Å². The number of benzene rings is 1. The Bertz CT molecular complexity index is 646. The molecular formula is C13H9ClN2S2. The lowest BCUT2D eigenvalue weighted by molar-refractivity contribution is 1.10. The molecule has 18 heavy (non-hydrogen) atoms. The van der Waals surface area contributed by atoms with Gasteiger partial charge in [-0.25, -0.2) is 9.97 Å². The molecule has 3 rings (SSSR count). The van der Waals surface area contributed by atoms with E-state index in [1.54, 1.807) is 22.7 Å². The smallest absolute Gasteiger partial charge is 0.140 e. The van der Waals surface area contributed by atoms with Crippen molar-refractivity contribution in [1.29, 1.82) is 0 Å². The first-order chi connectivity index (χ1) is 8.81. The monoisotopic (exact) mass is 292 g/mol. The fourth-order valence-electron chi connectivity index (χ4n) is 1.63. The van der Waals surface area contributed by atoms with Crippen LogP contribution in [0.25, 0.3) is 11.3 Å². The summed E-state index contributed by atoms with van der Waals surface area (Å²) in [7, 11) is 0. The summed E-state index contributed by atoms with van der Waals surface area (Å²) < 4.78 is 0. The summed E-state index contributed by atoms with van der Waals surface area (Å²) in [6.45, 7) is 0. The fourth-order valence-corrected chi connectivity index (χ4v) is 3.47. The second-order valence-corrected chi connectivity index (χ2v) is 6.01. The van der Waals surface area contributed by atoms with Crippen molar-refractivity contribution in [2.75, 3.05) is 0 Å². The van der Waals surface area contributed by atoms with Gasteiger partial charge in [-0.15, -0.1) is 22.7 Å². The molecule has 2 nitrogen and oxygen atoms in total. The average Bonchev–Trinajstić information content (AvgIpc) is 3.01. The zero-order valence-electron chi connectivity index (χ0n) is 9.34. The molecule has 90 valence electrons. The van der Waals surface area contributed by atoms with Crippen molar-refractivity contribution in [2.45, 2.75) is 6.42 Å². The average molecular weight is 293 g/mol. The summed E-state index contributed by atoms with van der Waals surface area (Å²) in [6, 6.07) is 10.2. The van der Waals surface area contributed by atoms with Crippen molar-refractivity contribution in [3.8, 4) is 11.3 Å². The van der Waals surface area contributed by atoms with Gasteiger partial charge in [0.25, 0.3) is 0 Å². The van der Waals surface area contributed by atoms with Crippen LogP contribution in [-0.4, -0.2) is 9.97 Å². The third-order valence-electron chi connectivity index (χ3n) is 2.45. The SMILES string of the molecule is Clc1csc(Cc2nc(-c3ccccc3)cs2)n1. The molecule has 0 amide bonds. The Kier molecular flexibility index (Phi) is 3.41. The lowest BCUT2D eigenvalue weighted by Crippen LogP contribution is -1.86. The van der Waals surface area contributed by atoms with Crippen LogP contribution in [0.4, 0.5) is 0 Å². The second-order valence-electron chi connectivity index (χ2n) is 3.73. The number of rotatable bonds is 3. The molecule has 0 aliphatic carbocycles. The van der Waals surface area contributed by atoms with E-state index in [9.17, 15) is 0 Å². The van der Waals surface area contributed by atoms with Gasteiger partial charge in [-0.2, -0.15) is 0 Å². The first-order valence-electron chi connectivity index (χ1n) is 5.41. The Morgan fingerprint density at radius 1 is 0.944 bits per heavy atom. The summed E-state index contributed by atoms with van der Waals surface area (Å²) in [4.78, 5) is 8.87. The van der Waals surface area contributed by atoms with E-state index < -0.39 is 0 Å². The zero-order valence-corrected chi connectivity index (χ0v) is 11.7. The predicted molar refractivity (Wildman–Crippen MR) is 77.5 cm³/mol. The standard InChI is InChI=1S/C13H9ClN2S2/c14-11-8-18-13(16-11)6-12-15-10(7-17-12)9-4-2-1-3-5-9/h1-5,7-8H,6H2.